The molecule has 9 heteroatoms. The van der Waals surface area contributed by atoms with Crippen molar-refractivity contribution in [1.29, 1.82) is 0 Å². The van der Waals surface area contributed by atoms with Crippen molar-refractivity contribution in [1.82, 2.24) is 29.5 Å². The van der Waals surface area contributed by atoms with Gasteiger partial charge in [0.2, 0.25) is 11.9 Å². The van der Waals surface area contributed by atoms with Gasteiger partial charge in [0.15, 0.2) is 5.82 Å². The number of hydrogen-bond donors (Lipinski definition) is 1. The Bertz CT molecular complexity index is 886. The lowest BCUT2D eigenvalue weighted by atomic mass is 10.4. The van der Waals surface area contributed by atoms with Crippen molar-refractivity contribution in [3.63, 3.8) is 0 Å². The number of anilines is 1. The van der Waals surface area contributed by atoms with E-state index in [0.717, 1.165) is 10.4 Å². The zero-order valence-corrected chi connectivity index (χ0v) is 12.2. The maximum Gasteiger partial charge on any atom is 0.267 e. The predicted octanol–water partition coefficient (Wildman–Crippen LogP) is 0.166. The molecule has 3 rings (SSSR count). The Morgan fingerprint density at radius 1 is 1.26 bits per heavy atom. The number of nitrogens with one attached hydrogen (secondary N) is 1. The van der Waals surface area contributed by atoms with Crippen molar-refractivity contribution in [3.8, 4) is 5.82 Å². The molecule has 0 spiro atoms. The number of aryl methyl sites for hydroxylation is 1. The van der Waals surface area contributed by atoms with Gasteiger partial charge in [0, 0.05) is 30.4 Å². The van der Waals surface area contributed by atoms with Crippen molar-refractivity contribution in [2.24, 2.45) is 0 Å². The zero-order valence-electron chi connectivity index (χ0n) is 12.2. The number of aromatic nitrogens is 6. The van der Waals surface area contributed by atoms with Crippen molar-refractivity contribution < 1.29 is 4.79 Å². The summed E-state index contributed by atoms with van der Waals surface area (Å²) in [6.45, 7) is 1.54. The van der Waals surface area contributed by atoms with Gasteiger partial charge in [-0.05, 0) is 25.1 Å². The number of hydrogen-bond acceptors (Lipinski definition) is 6. The van der Waals surface area contributed by atoms with Gasteiger partial charge in [0.1, 0.15) is 6.54 Å². The van der Waals surface area contributed by atoms with Crippen LogP contribution in [0.25, 0.3) is 5.82 Å². The van der Waals surface area contributed by atoms with Crippen molar-refractivity contribution in [2.45, 2.75) is 13.5 Å². The SMILES string of the molecule is Cc1ccnc(NC(=O)Cn2nc(-n3cccn3)ccc2=O)n1. The van der Waals surface area contributed by atoms with Crippen LogP contribution in [0.2, 0.25) is 0 Å². The van der Waals surface area contributed by atoms with Crippen LogP contribution in [0.3, 0.4) is 0 Å². The lowest BCUT2D eigenvalue weighted by Gasteiger charge is -2.07. The highest BCUT2D eigenvalue weighted by atomic mass is 16.2. The zero-order chi connectivity index (χ0) is 16.2. The first kappa shape index (κ1) is 14.6. The molecule has 0 atom stereocenters. The number of rotatable bonds is 4. The van der Waals surface area contributed by atoms with E-state index in [2.05, 4.69) is 25.5 Å². The van der Waals surface area contributed by atoms with E-state index in [1.807, 2.05) is 0 Å². The lowest BCUT2D eigenvalue weighted by molar-refractivity contribution is -0.117. The van der Waals surface area contributed by atoms with Crippen LogP contribution >= 0.6 is 0 Å². The molecule has 0 bridgehead atoms. The first-order valence-electron chi connectivity index (χ1n) is 6.79. The van der Waals surface area contributed by atoms with Crippen LogP contribution in [0, 0.1) is 6.92 Å². The fourth-order valence-electron chi connectivity index (χ4n) is 1.89. The molecule has 23 heavy (non-hydrogen) atoms. The molecular formula is C14H13N7O2. The normalized spacial score (nSPS) is 10.5. The van der Waals surface area contributed by atoms with Gasteiger partial charge in [0.05, 0.1) is 0 Å². The van der Waals surface area contributed by atoms with Crippen molar-refractivity contribution in [3.05, 3.63) is 58.9 Å². The fraction of sp³-hybridized carbons (Fsp3) is 0.143. The topological polar surface area (TPSA) is 108 Å². The molecule has 0 aliphatic heterocycles. The Morgan fingerprint density at radius 3 is 2.87 bits per heavy atom. The van der Waals surface area contributed by atoms with E-state index in [1.54, 1.807) is 37.6 Å². The van der Waals surface area contributed by atoms with E-state index in [-0.39, 0.29) is 18.1 Å². The highest BCUT2D eigenvalue weighted by molar-refractivity contribution is 5.88. The molecule has 1 N–H and O–H groups in total. The summed E-state index contributed by atoms with van der Waals surface area (Å²) in [4.78, 5) is 31.9. The molecule has 0 saturated heterocycles. The van der Waals surface area contributed by atoms with Crippen LogP contribution in [0.1, 0.15) is 5.69 Å². The standard InChI is InChI=1S/C14H13N7O2/c1-10-5-7-15-14(17-10)18-12(22)9-21-13(23)4-3-11(19-21)20-8-2-6-16-20/h2-8H,9H2,1H3,(H,15,17,18,22). The Balaban J connectivity index is 1.78. The summed E-state index contributed by atoms with van der Waals surface area (Å²) < 4.78 is 2.56. The van der Waals surface area contributed by atoms with Crippen molar-refractivity contribution in [2.75, 3.05) is 5.32 Å². The third kappa shape index (κ3) is 3.46. The summed E-state index contributed by atoms with van der Waals surface area (Å²) in [6.07, 6.45) is 4.83. The first-order chi connectivity index (χ1) is 11.1. The van der Waals surface area contributed by atoms with Gasteiger partial charge in [0.25, 0.3) is 5.56 Å². The Kier molecular flexibility index (Phi) is 3.91. The van der Waals surface area contributed by atoms with Gasteiger partial charge < -0.3 is 0 Å². The second kappa shape index (κ2) is 6.18. The monoisotopic (exact) mass is 311 g/mol. The van der Waals surface area contributed by atoms with Crippen LogP contribution in [0.5, 0.6) is 0 Å². The predicted molar refractivity (Wildman–Crippen MR) is 81.0 cm³/mol. The van der Waals surface area contributed by atoms with Crippen LogP contribution in [-0.4, -0.2) is 35.4 Å². The van der Waals surface area contributed by atoms with E-state index in [0.29, 0.717) is 5.82 Å². The summed E-state index contributed by atoms with van der Waals surface area (Å²) >= 11 is 0. The number of carbonyl (C=O) groups is 1. The maximum absolute atomic E-state index is 12.0. The van der Waals surface area contributed by atoms with Crippen LogP contribution < -0.4 is 10.9 Å². The molecule has 0 unspecified atom stereocenters. The Morgan fingerprint density at radius 2 is 2.13 bits per heavy atom. The molecule has 0 radical (unpaired) electrons. The van der Waals surface area contributed by atoms with Gasteiger partial charge in [-0.2, -0.15) is 5.10 Å². The number of amides is 1. The van der Waals surface area contributed by atoms with Crippen LogP contribution in [0.15, 0.2) is 47.7 Å². The second-order valence-electron chi connectivity index (χ2n) is 4.71. The quantitative estimate of drug-likeness (QED) is 0.735. The fourth-order valence-corrected chi connectivity index (χ4v) is 1.89. The second-order valence-corrected chi connectivity index (χ2v) is 4.71. The van der Waals surface area contributed by atoms with Gasteiger partial charge in [-0.25, -0.2) is 19.3 Å². The summed E-state index contributed by atoms with van der Waals surface area (Å²) in [6, 6.07) is 6.32. The molecule has 1 amide bonds. The highest BCUT2D eigenvalue weighted by Gasteiger charge is 2.09. The lowest BCUT2D eigenvalue weighted by Crippen LogP contribution is -2.30. The highest BCUT2D eigenvalue weighted by Crippen LogP contribution is 2.00. The molecule has 0 aromatic carbocycles. The largest absolute Gasteiger partial charge is 0.293 e. The molecule has 0 saturated carbocycles. The molecular weight excluding hydrogens is 298 g/mol. The molecule has 0 aliphatic carbocycles. The van der Waals surface area contributed by atoms with E-state index >= 15 is 0 Å². The van der Waals surface area contributed by atoms with Gasteiger partial charge in [-0.1, -0.05) is 0 Å². The molecule has 0 aliphatic rings. The van der Waals surface area contributed by atoms with Crippen LogP contribution in [-0.2, 0) is 11.3 Å². The summed E-state index contributed by atoms with van der Waals surface area (Å²) in [5.74, 6) is 0.184. The smallest absolute Gasteiger partial charge is 0.267 e. The Labute approximate surface area is 130 Å². The minimum Gasteiger partial charge on any atom is -0.293 e. The van der Waals surface area contributed by atoms with Gasteiger partial charge in [-0.15, -0.1) is 5.10 Å². The van der Waals surface area contributed by atoms with Crippen LogP contribution in [0.4, 0.5) is 5.95 Å². The molecule has 3 aromatic rings. The van der Waals surface area contributed by atoms with E-state index in [9.17, 15) is 9.59 Å². The number of nitrogens with zero attached hydrogens (tertiary/aromatic N) is 6. The Hall–Kier alpha value is -3.36. The van der Waals surface area contributed by atoms with Crippen molar-refractivity contribution >= 4 is 11.9 Å². The maximum atomic E-state index is 12.0. The van der Waals surface area contributed by atoms with Gasteiger partial charge >= 0.3 is 0 Å². The minimum absolute atomic E-state index is 0.186. The van der Waals surface area contributed by atoms with E-state index in [1.165, 1.54) is 16.8 Å². The third-order valence-electron chi connectivity index (χ3n) is 2.93. The summed E-state index contributed by atoms with van der Waals surface area (Å²) in [7, 11) is 0. The number of carbonyl (C=O) groups excluding carboxylic acids is 1. The average molecular weight is 311 g/mol. The summed E-state index contributed by atoms with van der Waals surface area (Å²) in [5.41, 5.74) is 0.340. The molecule has 3 heterocycles. The molecule has 116 valence electrons. The van der Waals surface area contributed by atoms with E-state index in [4.69, 9.17) is 0 Å². The molecule has 0 fully saturated rings. The van der Waals surface area contributed by atoms with E-state index < -0.39 is 5.91 Å². The molecule has 9 nitrogen and oxygen atoms in total. The third-order valence-corrected chi connectivity index (χ3v) is 2.93. The summed E-state index contributed by atoms with van der Waals surface area (Å²) in [5, 5.41) is 10.7. The first-order valence-corrected chi connectivity index (χ1v) is 6.79. The molecule has 3 aromatic heterocycles. The van der Waals surface area contributed by atoms with Gasteiger partial charge in [-0.3, -0.25) is 14.9 Å². The minimum atomic E-state index is -0.442. The average Bonchev–Trinajstić information content (AvgIpc) is 3.04.